The van der Waals surface area contributed by atoms with Crippen LogP contribution in [0.15, 0.2) is 28.1 Å². The van der Waals surface area contributed by atoms with Crippen molar-refractivity contribution >= 4 is 27.3 Å². The Labute approximate surface area is 112 Å². The van der Waals surface area contributed by atoms with Crippen molar-refractivity contribution in [3.8, 4) is 0 Å². The highest BCUT2D eigenvalue weighted by atomic mass is 79.9. The fourth-order valence-corrected chi connectivity index (χ4v) is 3.57. The van der Waals surface area contributed by atoms with Crippen LogP contribution in [-0.4, -0.2) is 5.11 Å². The minimum atomic E-state index is -0.704. The molecule has 2 aromatic rings. The predicted octanol–water partition coefficient (Wildman–Crippen LogP) is 4.35. The molecular formula is C13H12BrFOS. The molecule has 90 valence electrons. The van der Waals surface area contributed by atoms with Crippen molar-refractivity contribution in [2.45, 2.75) is 20.0 Å². The number of halogens is 2. The smallest absolute Gasteiger partial charge is 0.123 e. The second kappa shape index (κ2) is 4.88. The van der Waals surface area contributed by atoms with Crippen molar-refractivity contribution in [3.05, 3.63) is 55.4 Å². The maximum atomic E-state index is 13.2. The molecule has 1 N–H and O–H groups in total. The Morgan fingerprint density at radius 2 is 1.88 bits per heavy atom. The van der Waals surface area contributed by atoms with Gasteiger partial charge in [-0.15, -0.1) is 11.3 Å². The SMILES string of the molecule is Cc1cc(F)cc(C)c1C(O)c1sccc1Br. The van der Waals surface area contributed by atoms with E-state index in [4.69, 9.17) is 0 Å². The molecule has 0 saturated carbocycles. The third-order valence-corrected chi connectivity index (χ3v) is 4.65. The van der Waals surface area contributed by atoms with Crippen LogP contribution in [0.1, 0.15) is 27.7 Å². The summed E-state index contributed by atoms with van der Waals surface area (Å²) < 4.78 is 14.1. The summed E-state index contributed by atoms with van der Waals surface area (Å²) in [5.41, 5.74) is 2.33. The van der Waals surface area contributed by atoms with Crippen molar-refractivity contribution in [2.24, 2.45) is 0 Å². The first-order valence-corrected chi connectivity index (χ1v) is 6.85. The van der Waals surface area contributed by atoms with Crippen LogP contribution < -0.4 is 0 Å². The number of aryl methyl sites for hydroxylation is 2. The minimum Gasteiger partial charge on any atom is -0.383 e. The summed E-state index contributed by atoms with van der Waals surface area (Å²) in [6.45, 7) is 3.63. The molecule has 2 rings (SSSR count). The molecule has 0 amide bonds. The Balaban J connectivity index is 2.51. The van der Waals surface area contributed by atoms with Crippen LogP contribution >= 0.6 is 27.3 Å². The van der Waals surface area contributed by atoms with E-state index in [1.165, 1.54) is 23.5 Å². The van der Waals surface area contributed by atoms with Gasteiger partial charge in [0.15, 0.2) is 0 Å². The molecule has 4 heteroatoms. The molecule has 0 radical (unpaired) electrons. The normalized spacial score (nSPS) is 12.8. The molecule has 1 aromatic carbocycles. The van der Waals surface area contributed by atoms with E-state index in [0.717, 1.165) is 26.0 Å². The summed E-state index contributed by atoms with van der Waals surface area (Å²) in [6.07, 6.45) is -0.704. The number of aliphatic hydroxyl groups is 1. The standard InChI is InChI=1S/C13H12BrFOS/c1-7-5-9(15)6-8(2)11(7)12(16)13-10(14)3-4-17-13/h3-6,12,16H,1-2H3. The monoisotopic (exact) mass is 314 g/mol. The van der Waals surface area contributed by atoms with Crippen molar-refractivity contribution in [1.82, 2.24) is 0 Å². The molecule has 17 heavy (non-hydrogen) atoms. The Hall–Kier alpha value is -0.710. The van der Waals surface area contributed by atoms with Gasteiger partial charge in [0.2, 0.25) is 0 Å². The molecule has 1 atom stereocenters. The fourth-order valence-electron chi connectivity index (χ4n) is 1.98. The second-order valence-electron chi connectivity index (χ2n) is 3.99. The summed E-state index contributed by atoms with van der Waals surface area (Å²) in [5, 5.41) is 12.3. The highest BCUT2D eigenvalue weighted by Gasteiger charge is 2.19. The van der Waals surface area contributed by atoms with Crippen molar-refractivity contribution in [3.63, 3.8) is 0 Å². The molecule has 0 bridgehead atoms. The number of benzene rings is 1. The molecule has 0 aliphatic carbocycles. The van der Waals surface area contributed by atoms with Crippen LogP contribution in [0.3, 0.4) is 0 Å². The van der Waals surface area contributed by atoms with Gasteiger partial charge in [-0.05, 0) is 70.0 Å². The first-order valence-electron chi connectivity index (χ1n) is 5.18. The Kier molecular flexibility index (Phi) is 3.66. The minimum absolute atomic E-state index is 0.263. The maximum absolute atomic E-state index is 13.2. The Morgan fingerprint density at radius 3 is 2.35 bits per heavy atom. The van der Waals surface area contributed by atoms with E-state index in [-0.39, 0.29) is 5.82 Å². The molecule has 1 heterocycles. The number of hydrogen-bond donors (Lipinski definition) is 1. The zero-order valence-electron chi connectivity index (χ0n) is 9.50. The molecule has 0 aliphatic rings. The van der Waals surface area contributed by atoms with E-state index in [0.29, 0.717) is 0 Å². The van der Waals surface area contributed by atoms with Crippen LogP contribution in [0, 0.1) is 19.7 Å². The highest BCUT2D eigenvalue weighted by Crippen LogP contribution is 2.35. The highest BCUT2D eigenvalue weighted by molar-refractivity contribution is 9.10. The van der Waals surface area contributed by atoms with E-state index < -0.39 is 6.10 Å². The third-order valence-electron chi connectivity index (χ3n) is 2.73. The van der Waals surface area contributed by atoms with Gasteiger partial charge in [-0.3, -0.25) is 0 Å². The van der Waals surface area contributed by atoms with Gasteiger partial charge in [-0.25, -0.2) is 4.39 Å². The van der Waals surface area contributed by atoms with E-state index in [9.17, 15) is 9.50 Å². The van der Waals surface area contributed by atoms with Crippen LogP contribution in [-0.2, 0) is 0 Å². The van der Waals surface area contributed by atoms with E-state index in [1.807, 2.05) is 25.3 Å². The lowest BCUT2D eigenvalue weighted by atomic mass is 9.97. The lowest BCUT2D eigenvalue weighted by molar-refractivity contribution is 0.222. The largest absolute Gasteiger partial charge is 0.383 e. The summed E-state index contributed by atoms with van der Waals surface area (Å²) in [7, 11) is 0. The number of rotatable bonds is 2. The van der Waals surface area contributed by atoms with Crippen molar-refractivity contribution < 1.29 is 9.50 Å². The lowest BCUT2D eigenvalue weighted by Gasteiger charge is -2.16. The second-order valence-corrected chi connectivity index (χ2v) is 5.79. The molecule has 1 nitrogen and oxygen atoms in total. The molecule has 0 aliphatic heterocycles. The zero-order chi connectivity index (χ0) is 12.6. The summed E-state index contributed by atoms with van der Waals surface area (Å²) >= 11 is 4.89. The summed E-state index contributed by atoms with van der Waals surface area (Å²) in [4.78, 5) is 0.850. The zero-order valence-corrected chi connectivity index (χ0v) is 11.9. The first-order chi connectivity index (χ1) is 8.00. The average Bonchev–Trinajstić information content (AvgIpc) is 2.62. The molecular weight excluding hydrogens is 303 g/mol. The molecule has 1 unspecified atom stereocenters. The average molecular weight is 315 g/mol. The molecule has 1 aromatic heterocycles. The van der Waals surface area contributed by atoms with E-state index in [1.54, 1.807) is 0 Å². The van der Waals surface area contributed by atoms with Crippen LogP contribution in [0.5, 0.6) is 0 Å². The van der Waals surface area contributed by atoms with Gasteiger partial charge >= 0.3 is 0 Å². The molecule has 0 fully saturated rings. The third kappa shape index (κ3) is 2.44. The van der Waals surface area contributed by atoms with E-state index >= 15 is 0 Å². The summed E-state index contributed by atoms with van der Waals surface area (Å²) in [5.74, 6) is -0.263. The van der Waals surface area contributed by atoms with Gasteiger partial charge in [0.1, 0.15) is 11.9 Å². The predicted molar refractivity (Wildman–Crippen MR) is 72.0 cm³/mol. The van der Waals surface area contributed by atoms with Crippen LogP contribution in [0.25, 0.3) is 0 Å². The number of aliphatic hydroxyl groups excluding tert-OH is 1. The van der Waals surface area contributed by atoms with E-state index in [2.05, 4.69) is 15.9 Å². The molecule has 0 spiro atoms. The van der Waals surface area contributed by atoms with Gasteiger partial charge in [0.25, 0.3) is 0 Å². The number of hydrogen-bond acceptors (Lipinski definition) is 2. The fraction of sp³-hybridized carbons (Fsp3) is 0.231. The lowest BCUT2D eigenvalue weighted by Crippen LogP contribution is -2.04. The first kappa shape index (κ1) is 12.7. The van der Waals surface area contributed by atoms with Crippen LogP contribution in [0.4, 0.5) is 4.39 Å². The van der Waals surface area contributed by atoms with Crippen molar-refractivity contribution in [1.29, 1.82) is 0 Å². The van der Waals surface area contributed by atoms with Gasteiger partial charge < -0.3 is 5.11 Å². The van der Waals surface area contributed by atoms with Gasteiger partial charge in [0.05, 0.1) is 4.88 Å². The summed E-state index contributed by atoms with van der Waals surface area (Å²) in [6, 6.07) is 4.80. The number of thiophene rings is 1. The van der Waals surface area contributed by atoms with Crippen molar-refractivity contribution in [2.75, 3.05) is 0 Å². The van der Waals surface area contributed by atoms with Crippen LogP contribution in [0.2, 0.25) is 0 Å². The maximum Gasteiger partial charge on any atom is 0.123 e. The van der Waals surface area contributed by atoms with Gasteiger partial charge in [-0.2, -0.15) is 0 Å². The van der Waals surface area contributed by atoms with Gasteiger partial charge in [0, 0.05) is 4.47 Å². The Morgan fingerprint density at radius 1 is 1.29 bits per heavy atom. The van der Waals surface area contributed by atoms with Gasteiger partial charge in [-0.1, -0.05) is 0 Å². The molecule has 0 saturated heterocycles. The topological polar surface area (TPSA) is 20.2 Å². The Bertz CT molecular complexity index is 527. The quantitative estimate of drug-likeness (QED) is 0.873.